The predicted octanol–water partition coefficient (Wildman–Crippen LogP) is 2.94. The zero-order chi connectivity index (χ0) is 19.1. The van der Waals surface area contributed by atoms with Crippen molar-refractivity contribution in [2.24, 2.45) is 0 Å². The van der Waals surface area contributed by atoms with Gasteiger partial charge in [0.2, 0.25) is 0 Å². The van der Waals surface area contributed by atoms with Crippen LogP contribution in [-0.2, 0) is 10.1 Å². The van der Waals surface area contributed by atoms with Gasteiger partial charge < -0.3 is 16.2 Å². The fourth-order valence-electron chi connectivity index (χ4n) is 2.50. The van der Waals surface area contributed by atoms with Gasteiger partial charge in [-0.2, -0.15) is 8.42 Å². The van der Waals surface area contributed by atoms with Gasteiger partial charge in [0.1, 0.15) is 5.75 Å². The number of phenolic OH excluding ortho intramolecular Hbond substituents is 1. The van der Waals surface area contributed by atoms with Crippen LogP contribution in [-0.4, -0.2) is 24.0 Å². The third-order valence-electron chi connectivity index (χ3n) is 4.01. The van der Waals surface area contributed by atoms with Crippen molar-refractivity contribution in [1.29, 1.82) is 0 Å². The molecule has 26 heavy (non-hydrogen) atoms. The number of nitrogens with two attached hydrogens (primary N) is 1. The summed E-state index contributed by atoms with van der Waals surface area (Å²) in [6.45, 7) is 1.83. The quantitative estimate of drug-likeness (QED) is 0.318. The standard InChI is InChI=1S/C18H16N2O5S/c1-10-2-3-12(7-15(10)19)18(22)20-16-8-11-4-5-14(26(23,24)25)6-13(11)9-17(16)21/h2-9,21H,19H2,1H3,(H,20,22)(H,23,24,25). The molecule has 134 valence electrons. The largest absolute Gasteiger partial charge is 0.506 e. The Bertz CT molecular complexity index is 1140. The van der Waals surface area contributed by atoms with Crippen LogP contribution in [0.5, 0.6) is 5.75 Å². The molecule has 0 saturated carbocycles. The maximum Gasteiger partial charge on any atom is 0.294 e. The number of hydrogen-bond donors (Lipinski definition) is 4. The molecule has 0 atom stereocenters. The highest BCUT2D eigenvalue weighted by Crippen LogP contribution is 2.31. The van der Waals surface area contributed by atoms with Crippen molar-refractivity contribution in [1.82, 2.24) is 0 Å². The lowest BCUT2D eigenvalue weighted by molar-refractivity contribution is 0.102. The summed E-state index contributed by atoms with van der Waals surface area (Å²) in [7, 11) is -4.34. The lowest BCUT2D eigenvalue weighted by Gasteiger charge is -2.10. The van der Waals surface area contributed by atoms with E-state index in [9.17, 15) is 18.3 Å². The van der Waals surface area contributed by atoms with E-state index in [1.54, 1.807) is 18.2 Å². The first-order chi connectivity index (χ1) is 12.1. The predicted molar refractivity (Wildman–Crippen MR) is 99.0 cm³/mol. The van der Waals surface area contributed by atoms with Gasteiger partial charge in [0.25, 0.3) is 16.0 Å². The Labute approximate surface area is 149 Å². The second kappa shape index (κ2) is 6.32. The number of fused-ring (bicyclic) bond motifs is 1. The molecule has 5 N–H and O–H groups in total. The van der Waals surface area contributed by atoms with E-state index in [2.05, 4.69) is 5.32 Å². The highest BCUT2D eigenvalue weighted by atomic mass is 32.2. The molecule has 0 heterocycles. The van der Waals surface area contributed by atoms with Crippen LogP contribution < -0.4 is 11.1 Å². The lowest BCUT2D eigenvalue weighted by Crippen LogP contribution is -2.12. The van der Waals surface area contributed by atoms with Crippen molar-refractivity contribution in [3.8, 4) is 5.75 Å². The van der Waals surface area contributed by atoms with E-state index in [4.69, 9.17) is 10.3 Å². The van der Waals surface area contributed by atoms with E-state index in [0.29, 0.717) is 22.0 Å². The number of nitrogens with one attached hydrogen (secondary N) is 1. The Hall–Kier alpha value is -3.10. The fourth-order valence-corrected chi connectivity index (χ4v) is 3.02. The average molecular weight is 372 g/mol. The summed E-state index contributed by atoms with van der Waals surface area (Å²) in [5.41, 5.74) is 7.65. The Balaban J connectivity index is 1.96. The highest BCUT2D eigenvalue weighted by molar-refractivity contribution is 7.85. The number of phenols is 1. The van der Waals surface area contributed by atoms with E-state index < -0.39 is 16.0 Å². The molecule has 1 amide bonds. The molecule has 0 bridgehead atoms. The number of carbonyl (C=O) groups is 1. The molecule has 0 radical (unpaired) electrons. The van der Waals surface area contributed by atoms with Crippen LogP contribution in [0.25, 0.3) is 10.8 Å². The van der Waals surface area contributed by atoms with Crippen LogP contribution in [0.4, 0.5) is 11.4 Å². The van der Waals surface area contributed by atoms with E-state index in [1.165, 1.54) is 30.3 Å². The van der Waals surface area contributed by atoms with Gasteiger partial charge in [0.15, 0.2) is 0 Å². The first-order valence-corrected chi connectivity index (χ1v) is 9.01. The second-order valence-corrected chi connectivity index (χ2v) is 7.30. The number of rotatable bonds is 3. The number of anilines is 2. The Morgan fingerprint density at radius 3 is 2.42 bits per heavy atom. The van der Waals surface area contributed by atoms with Gasteiger partial charge in [-0.25, -0.2) is 0 Å². The Morgan fingerprint density at radius 2 is 1.77 bits per heavy atom. The van der Waals surface area contributed by atoms with Gasteiger partial charge >= 0.3 is 0 Å². The summed E-state index contributed by atoms with van der Waals surface area (Å²) in [6, 6.07) is 11.6. The number of carbonyl (C=O) groups excluding carboxylic acids is 1. The molecule has 8 heteroatoms. The first-order valence-electron chi connectivity index (χ1n) is 7.57. The summed E-state index contributed by atoms with van der Waals surface area (Å²) in [4.78, 5) is 12.1. The van der Waals surface area contributed by atoms with Crippen molar-refractivity contribution in [3.05, 3.63) is 59.7 Å². The molecule has 7 nitrogen and oxygen atoms in total. The molecule has 0 spiro atoms. The summed E-state index contributed by atoms with van der Waals surface area (Å²) in [5, 5.41) is 13.7. The van der Waals surface area contributed by atoms with Crippen LogP contribution in [0.1, 0.15) is 15.9 Å². The zero-order valence-electron chi connectivity index (χ0n) is 13.7. The van der Waals surface area contributed by atoms with Gasteiger partial charge in [0.05, 0.1) is 10.6 Å². The molecule has 3 aromatic rings. The molecule has 3 rings (SSSR count). The van der Waals surface area contributed by atoms with E-state index in [-0.39, 0.29) is 16.3 Å². The van der Waals surface area contributed by atoms with E-state index in [0.717, 1.165) is 5.56 Å². The van der Waals surface area contributed by atoms with Crippen LogP contribution in [0, 0.1) is 6.92 Å². The highest BCUT2D eigenvalue weighted by Gasteiger charge is 2.14. The third-order valence-corrected chi connectivity index (χ3v) is 4.86. The number of hydrogen-bond acceptors (Lipinski definition) is 5. The molecular weight excluding hydrogens is 356 g/mol. The van der Waals surface area contributed by atoms with E-state index >= 15 is 0 Å². The molecule has 0 fully saturated rings. The number of amides is 1. The average Bonchev–Trinajstić information content (AvgIpc) is 2.56. The topological polar surface area (TPSA) is 130 Å². The molecule has 0 unspecified atom stereocenters. The Kier molecular flexibility index (Phi) is 4.31. The van der Waals surface area contributed by atoms with Crippen LogP contribution >= 0.6 is 0 Å². The minimum Gasteiger partial charge on any atom is -0.506 e. The Morgan fingerprint density at radius 1 is 1.04 bits per heavy atom. The number of nitrogen functional groups attached to an aromatic ring is 1. The second-order valence-electron chi connectivity index (χ2n) is 5.88. The van der Waals surface area contributed by atoms with Gasteiger partial charge in [-0.1, -0.05) is 12.1 Å². The third kappa shape index (κ3) is 3.46. The van der Waals surface area contributed by atoms with Crippen molar-refractivity contribution >= 4 is 38.2 Å². The first kappa shape index (κ1) is 17.7. The molecule has 0 aliphatic rings. The lowest BCUT2D eigenvalue weighted by atomic mass is 10.1. The van der Waals surface area contributed by atoms with Crippen molar-refractivity contribution in [2.45, 2.75) is 11.8 Å². The van der Waals surface area contributed by atoms with Crippen LogP contribution in [0.15, 0.2) is 53.4 Å². The van der Waals surface area contributed by atoms with Gasteiger partial charge in [0, 0.05) is 11.3 Å². The summed E-state index contributed by atoms with van der Waals surface area (Å²) >= 11 is 0. The SMILES string of the molecule is Cc1ccc(C(=O)Nc2cc3ccc(S(=O)(=O)O)cc3cc2O)cc1N. The number of aromatic hydroxyl groups is 1. The van der Waals surface area contributed by atoms with Crippen molar-refractivity contribution in [2.75, 3.05) is 11.1 Å². The maximum atomic E-state index is 12.4. The molecule has 0 saturated heterocycles. The molecule has 0 aliphatic heterocycles. The molecule has 0 aromatic heterocycles. The zero-order valence-corrected chi connectivity index (χ0v) is 14.5. The summed E-state index contributed by atoms with van der Waals surface area (Å²) in [5.74, 6) is -0.681. The van der Waals surface area contributed by atoms with Crippen molar-refractivity contribution in [3.63, 3.8) is 0 Å². The number of benzene rings is 3. The fraction of sp³-hybridized carbons (Fsp3) is 0.0556. The van der Waals surface area contributed by atoms with Gasteiger partial charge in [-0.15, -0.1) is 0 Å². The summed E-state index contributed by atoms with van der Waals surface area (Å²) in [6.07, 6.45) is 0. The normalized spacial score (nSPS) is 11.5. The van der Waals surface area contributed by atoms with Crippen LogP contribution in [0.2, 0.25) is 0 Å². The molecule has 3 aromatic carbocycles. The van der Waals surface area contributed by atoms with E-state index in [1.807, 2.05) is 6.92 Å². The van der Waals surface area contributed by atoms with Gasteiger partial charge in [-0.05, 0) is 59.7 Å². The molecule has 0 aliphatic carbocycles. The smallest absolute Gasteiger partial charge is 0.294 e. The minimum atomic E-state index is -4.34. The van der Waals surface area contributed by atoms with Gasteiger partial charge in [-0.3, -0.25) is 9.35 Å². The number of aryl methyl sites for hydroxylation is 1. The maximum absolute atomic E-state index is 12.4. The van der Waals surface area contributed by atoms with Crippen LogP contribution in [0.3, 0.4) is 0 Å². The monoisotopic (exact) mass is 372 g/mol. The summed E-state index contributed by atoms with van der Waals surface area (Å²) < 4.78 is 31.5. The minimum absolute atomic E-state index is 0.168. The van der Waals surface area contributed by atoms with Crippen molar-refractivity contribution < 1.29 is 22.9 Å². The molecular formula is C18H16N2O5S.